The maximum atomic E-state index is 6.50. The smallest absolute Gasteiger partial charge is 0.224 e. The van der Waals surface area contributed by atoms with Crippen LogP contribution in [0.5, 0.6) is 0 Å². The summed E-state index contributed by atoms with van der Waals surface area (Å²) in [5.74, 6) is 1.15. The van der Waals surface area contributed by atoms with Gasteiger partial charge in [-0.05, 0) is 43.9 Å². The maximum absolute atomic E-state index is 6.50. The highest BCUT2D eigenvalue weighted by Crippen LogP contribution is 2.52. The number of aromatic nitrogens is 6. The molecule has 0 saturated heterocycles. The number of anilines is 2. The Hall–Kier alpha value is -2.68. The summed E-state index contributed by atoms with van der Waals surface area (Å²) in [6.45, 7) is 2.67. The van der Waals surface area contributed by atoms with Gasteiger partial charge in [-0.15, -0.1) is 0 Å². The van der Waals surface area contributed by atoms with E-state index in [0.29, 0.717) is 5.41 Å². The highest BCUT2D eigenvalue weighted by atomic mass is 15.3. The molecule has 3 saturated carbocycles. The van der Waals surface area contributed by atoms with Gasteiger partial charge in [-0.1, -0.05) is 0 Å². The fourth-order valence-corrected chi connectivity index (χ4v) is 5.77. The van der Waals surface area contributed by atoms with Crippen molar-refractivity contribution in [2.24, 2.45) is 18.2 Å². The molecule has 2 bridgehead atoms. The van der Waals surface area contributed by atoms with Gasteiger partial charge in [0.15, 0.2) is 5.65 Å². The predicted octanol–water partition coefficient (Wildman–Crippen LogP) is 1.76. The molecule has 0 atom stereocenters. The molecule has 4 aliphatic rings. The van der Waals surface area contributed by atoms with Gasteiger partial charge >= 0.3 is 0 Å². The quantitative estimate of drug-likeness (QED) is 0.679. The summed E-state index contributed by atoms with van der Waals surface area (Å²) in [6, 6.07) is 0. The lowest BCUT2D eigenvalue weighted by atomic mass is 9.57. The topological polar surface area (TPSA) is 117 Å². The first-order valence-electron chi connectivity index (χ1n) is 11.0. The average Bonchev–Trinajstić information content (AvgIpc) is 3.31. The maximum Gasteiger partial charge on any atom is 0.224 e. The molecule has 4 heterocycles. The van der Waals surface area contributed by atoms with E-state index < -0.39 is 0 Å². The number of nitrogens with two attached hydrogens (primary N) is 2. The van der Waals surface area contributed by atoms with Gasteiger partial charge in [0.25, 0.3) is 0 Å². The second-order valence-corrected chi connectivity index (χ2v) is 9.74. The Morgan fingerprint density at radius 1 is 1.10 bits per heavy atom. The molecular weight excluding hydrogens is 378 g/mol. The van der Waals surface area contributed by atoms with Crippen molar-refractivity contribution < 1.29 is 0 Å². The number of rotatable bonds is 3. The number of aryl methyl sites for hydroxylation is 1. The van der Waals surface area contributed by atoms with E-state index in [0.717, 1.165) is 62.2 Å². The average molecular weight is 408 g/mol. The summed E-state index contributed by atoms with van der Waals surface area (Å²) in [5, 5.41) is 10.2. The van der Waals surface area contributed by atoms with E-state index in [1.807, 2.05) is 13.2 Å². The first-order chi connectivity index (χ1) is 14.4. The lowest BCUT2D eigenvalue weighted by molar-refractivity contribution is 0.0270. The van der Waals surface area contributed by atoms with Crippen molar-refractivity contribution in [1.29, 1.82) is 0 Å². The second-order valence-electron chi connectivity index (χ2n) is 9.74. The molecule has 4 N–H and O–H groups in total. The molecule has 1 aliphatic heterocycles. The van der Waals surface area contributed by atoms with E-state index in [4.69, 9.17) is 16.6 Å². The Labute approximate surface area is 175 Å². The molecule has 3 fully saturated rings. The third kappa shape index (κ3) is 2.79. The lowest BCUT2D eigenvalue weighted by Gasteiger charge is -2.51. The molecule has 9 heteroatoms. The molecule has 0 unspecified atom stereocenters. The number of hydrogen-bond donors (Lipinski definition) is 2. The molecule has 30 heavy (non-hydrogen) atoms. The minimum absolute atomic E-state index is 0.114. The van der Waals surface area contributed by atoms with Crippen LogP contribution < -0.4 is 16.4 Å². The van der Waals surface area contributed by atoms with Gasteiger partial charge in [0.2, 0.25) is 5.95 Å². The van der Waals surface area contributed by atoms with Crippen LogP contribution >= 0.6 is 0 Å². The zero-order valence-electron chi connectivity index (χ0n) is 17.5. The molecule has 0 aromatic carbocycles. The van der Waals surface area contributed by atoms with E-state index in [1.165, 1.54) is 30.5 Å². The van der Waals surface area contributed by atoms with Gasteiger partial charge in [-0.2, -0.15) is 20.2 Å². The van der Waals surface area contributed by atoms with Crippen molar-refractivity contribution >= 4 is 22.8 Å². The van der Waals surface area contributed by atoms with Gasteiger partial charge in [-0.3, -0.25) is 9.36 Å². The molecule has 158 valence electrons. The zero-order valence-corrected chi connectivity index (χ0v) is 17.5. The van der Waals surface area contributed by atoms with Crippen LogP contribution in [0.1, 0.15) is 49.8 Å². The second kappa shape index (κ2) is 6.16. The molecule has 7 rings (SSSR count). The fraction of sp³-hybridized carbons (Fsp3) is 0.619. The predicted molar refractivity (Wildman–Crippen MR) is 115 cm³/mol. The molecule has 0 amide bonds. The van der Waals surface area contributed by atoms with E-state index in [2.05, 4.69) is 30.8 Å². The SMILES string of the molecule is Cn1ncc2c(N3CCc4nn(CC56CCC(N)(CC5)CC6)cc4C3)nc(N)nc21. The number of nitrogen functional groups attached to an aromatic ring is 1. The Morgan fingerprint density at radius 3 is 2.63 bits per heavy atom. The molecule has 3 aliphatic carbocycles. The molecule has 9 nitrogen and oxygen atoms in total. The number of fused-ring (bicyclic) bond motifs is 5. The van der Waals surface area contributed by atoms with Crippen molar-refractivity contribution in [3.05, 3.63) is 23.7 Å². The first-order valence-corrected chi connectivity index (χ1v) is 11.0. The monoisotopic (exact) mass is 407 g/mol. The highest BCUT2D eigenvalue weighted by molar-refractivity contribution is 5.88. The minimum atomic E-state index is 0.114. The summed E-state index contributed by atoms with van der Waals surface area (Å²) >= 11 is 0. The molecular formula is C21H29N9. The van der Waals surface area contributed by atoms with Gasteiger partial charge in [-0.25, -0.2) is 0 Å². The molecule has 3 aromatic heterocycles. The zero-order chi connectivity index (χ0) is 20.5. The highest BCUT2D eigenvalue weighted by Gasteiger charge is 2.46. The molecule has 0 spiro atoms. The molecule has 3 aromatic rings. The fourth-order valence-electron chi connectivity index (χ4n) is 5.77. The van der Waals surface area contributed by atoms with Gasteiger partial charge in [0, 0.05) is 50.4 Å². The van der Waals surface area contributed by atoms with E-state index in [1.54, 1.807) is 4.68 Å². The van der Waals surface area contributed by atoms with Crippen LogP contribution in [0, 0.1) is 5.41 Å². The third-order valence-electron chi connectivity index (χ3n) is 7.75. The molecule has 0 radical (unpaired) electrons. The van der Waals surface area contributed by atoms with Crippen LogP contribution in [0.2, 0.25) is 0 Å². The summed E-state index contributed by atoms with van der Waals surface area (Å²) in [6.07, 6.45) is 12.2. The Morgan fingerprint density at radius 2 is 1.87 bits per heavy atom. The Kier molecular flexibility index (Phi) is 3.72. The van der Waals surface area contributed by atoms with Crippen LogP contribution in [0.25, 0.3) is 11.0 Å². The van der Waals surface area contributed by atoms with Crippen molar-refractivity contribution in [3.63, 3.8) is 0 Å². The van der Waals surface area contributed by atoms with Crippen molar-refractivity contribution in [1.82, 2.24) is 29.5 Å². The van der Waals surface area contributed by atoms with Crippen LogP contribution in [0.15, 0.2) is 12.4 Å². The van der Waals surface area contributed by atoms with E-state index in [-0.39, 0.29) is 11.5 Å². The summed E-state index contributed by atoms with van der Waals surface area (Å²) in [5.41, 5.74) is 16.3. The van der Waals surface area contributed by atoms with Crippen molar-refractivity contribution in [2.75, 3.05) is 17.2 Å². The summed E-state index contributed by atoms with van der Waals surface area (Å²) < 4.78 is 3.95. The van der Waals surface area contributed by atoms with E-state index in [9.17, 15) is 0 Å². The first kappa shape index (κ1) is 18.1. The van der Waals surface area contributed by atoms with Crippen LogP contribution in [-0.2, 0) is 26.6 Å². The summed E-state index contributed by atoms with van der Waals surface area (Å²) in [4.78, 5) is 11.2. The minimum Gasteiger partial charge on any atom is -0.368 e. The van der Waals surface area contributed by atoms with Gasteiger partial charge in [0.05, 0.1) is 17.3 Å². The largest absolute Gasteiger partial charge is 0.368 e. The van der Waals surface area contributed by atoms with Gasteiger partial charge in [0.1, 0.15) is 5.82 Å². The summed E-state index contributed by atoms with van der Waals surface area (Å²) in [7, 11) is 1.88. The third-order valence-corrected chi connectivity index (χ3v) is 7.75. The number of nitrogens with zero attached hydrogens (tertiary/aromatic N) is 7. The Bertz CT molecular complexity index is 1100. The normalized spacial score (nSPS) is 28.3. The number of hydrogen-bond acceptors (Lipinski definition) is 7. The van der Waals surface area contributed by atoms with Crippen LogP contribution in [0.3, 0.4) is 0 Å². The van der Waals surface area contributed by atoms with Gasteiger partial charge < -0.3 is 16.4 Å². The van der Waals surface area contributed by atoms with Crippen LogP contribution in [0.4, 0.5) is 11.8 Å². The van der Waals surface area contributed by atoms with E-state index >= 15 is 0 Å². The standard InChI is InChI=1S/C21H29N9/c1-28-17-15(10-24-28)18(26-19(22)25-17)29-9-2-16-14(11-29)12-30(27-16)13-20-3-6-21(23,7-4-20)8-5-20/h10,12H,2-9,11,13,23H2,1H3,(H2,22,25,26). The van der Waals surface area contributed by atoms with Crippen molar-refractivity contribution in [3.8, 4) is 0 Å². The Balaban J connectivity index is 1.26. The van der Waals surface area contributed by atoms with Crippen molar-refractivity contribution in [2.45, 2.75) is 63.6 Å². The lowest BCUT2D eigenvalue weighted by Crippen LogP contribution is -2.53. The van der Waals surface area contributed by atoms with Crippen LogP contribution in [-0.4, -0.2) is 41.6 Å².